The highest BCUT2D eigenvalue weighted by Gasteiger charge is 2.19. The molecule has 3 aromatic rings. The zero-order valence-electron chi connectivity index (χ0n) is 11.0. The molecule has 0 radical (unpaired) electrons. The highest BCUT2D eigenvalue weighted by atomic mass is 16.5. The molecule has 0 unspecified atom stereocenters. The lowest BCUT2D eigenvalue weighted by Crippen LogP contribution is -2.00. The lowest BCUT2D eigenvalue weighted by atomic mass is 10.2. The Morgan fingerprint density at radius 1 is 1.24 bits per heavy atom. The summed E-state index contributed by atoms with van der Waals surface area (Å²) in [5, 5.41) is 9.81. The third-order valence-corrected chi connectivity index (χ3v) is 2.85. The zero-order valence-corrected chi connectivity index (χ0v) is 11.0. The third kappa shape index (κ3) is 2.08. The van der Waals surface area contributed by atoms with Crippen LogP contribution in [0.1, 0.15) is 5.76 Å². The predicted octanol–water partition coefficient (Wildman–Crippen LogP) is 2.48. The quantitative estimate of drug-likeness (QED) is 0.786. The highest BCUT2D eigenvalue weighted by molar-refractivity contribution is 5.87. The number of anilines is 1. The van der Waals surface area contributed by atoms with Crippen molar-refractivity contribution in [1.82, 2.24) is 9.97 Å². The zero-order chi connectivity index (χ0) is 14.8. The highest BCUT2D eigenvalue weighted by Crippen LogP contribution is 2.38. The molecule has 0 atom stereocenters. The summed E-state index contributed by atoms with van der Waals surface area (Å²) in [5.74, 6) is 0.616. The SMILES string of the molecule is COc1ncnc(Oc2c(C#N)oc3ccccc23)c1N. The van der Waals surface area contributed by atoms with E-state index in [1.54, 1.807) is 18.2 Å². The molecule has 0 bridgehead atoms. The van der Waals surface area contributed by atoms with E-state index in [9.17, 15) is 0 Å². The molecule has 3 rings (SSSR count). The van der Waals surface area contributed by atoms with E-state index in [1.165, 1.54) is 13.4 Å². The Hall–Kier alpha value is -3.27. The number of fused-ring (bicyclic) bond motifs is 1. The normalized spacial score (nSPS) is 10.3. The maximum atomic E-state index is 9.16. The summed E-state index contributed by atoms with van der Waals surface area (Å²) < 4.78 is 16.1. The van der Waals surface area contributed by atoms with Crippen LogP contribution in [0, 0.1) is 11.3 Å². The van der Waals surface area contributed by atoms with Crippen molar-refractivity contribution in [3.05, 3.63) is 36.4 Å². The van der Waals surface area contributed by atoms with E-state index in [0.29, 0.717) is 11.0 Å². The summed E-state index contributed by atoms with van der Waals surface area (Å²) >= 11 is 0. The average Bonchev–Trinajstić information content (AvgIpc) is 2.87. The van der Waals surface area contributed by atoms with E-state index in [0.717, 1.165) is 0 Å². The van der Waals surface area contributed by atoms with Crippen molar-refractivity contribution in [3.8, 4) is 23.6 Å². The van der Waals surface area contributed by atoms with Crippen molar-refractivity contribution < 1.29 is 13.9 Å². The Bertz CT molecular complexity index is 851. The van der Waals surface area contributed by atoms with Gasteiger partial charge in [-0.15, -0.1) is 0 Å². The second-order valence-corrected chi connectivity index (χ2v) is 4.07. The van der Waals surface area contributed by atoms with Gasteiger partial charge < -0.3 is 19.6 Å². The van der Waals surface area contributed by atoms with Crippen molar-refractivity contribution in [2.75, 3.05) is 12.8 Å². The molecule has 1 aromatic carbocycles. The number of nitriles is 1. The fourth-order valence-corrected chi connectivity index (χ4v) is 1.90. The Balaban J connectivity index is 2.12. The van der Waals surface area contributed by atoms with Crippen molar-refractivity contribution in [3.63, 3.8) is 0 Å². The van der Waals surface area contributed by atoms with Gasteiger partial charge in [0.2, 0.25) is 17.5 Å². The molecule has 7 heteroatoms. The molecule has 2 N–H and O–H groups in total. The van der Waals surface area contributed by atoms with Gasteiger partial charge in [-0.3, -0.25) is 0 Å². The van der Waals surface area contributed by atoms with Crippen LogP contribution in [0.5, 0.6) is 17.5 Å². The summed E-state index contributed by atoms with van der Waals surface area (Å²) in [5.41, 5.74) is 6.55. The molecular weight excluding hydrogens is 272 g/mol. The van der Waals surface area contributed by atoms with Crippen LogP contribution in [0.25, 0.3) is 11.0 Å². The number of nitrogens with two attached hydrogens (primary N) is 1. The van der Waals surface area contributed by atoms with E-state index in [1.807, 2.05) is 12.1 Å². The summed E-state index contributed by atoms with van der Waals surface area (Å²) in [6.45, 7) is 0. The van der Waals surface area contributed by atoms with Crippen LogP contribution < -0.4 is 15.2 Å². The molecule has 21 heavy (non-hydrogen) atoms. The summed E-state index contributed by atoms with van der Waals surface area (Å²) in [4.78, 5) is 7.82. The number of ether oxygens (including phenoxy) is 2. The molecule has 0 aliphatic carbocycles. The van der Waals surface area contributed by atoms with Gasteiger partial charge in [-0.25, -0.2) is 0 Å². The van der Waals surface area contributed by atoms with E-state index in [2.05, 4.69) is 9.97 Å². The molecule has 0 fully saturated rings. The number of benzene rings is 1. The van der Waals surface area contributed by atoms with E-state index >= 15 is 0 Å². The van der Waals surface area contributed by atoms with E-state index in [-0.39, 0.29) is 29.0 Å². The summed E-state index contributed by atoms with van der Waals surface area (Å²) in [7, 11) is 1.44. The standard InChI is InChI=1S/C14H10N4O3/c1-19-13-11(16)14(18-7-17-13)21-12-8-4-2-3-5-9(8)20-10(12)6-15/h2-5,7H,16H2,1H3. The number of hydrogen-bond donors (Lipinski definition) is 1. The maximum Gasteiger partial charge on any atom is 0.250 e. The van der Waals surface area contributed by atoms with Crippen LogP contribution >= 0.6 is 0 Å². The van der Waals surface area contributed by atoms with Crippen molar-refractivity contribution in [1.29, 1.82) is 5.26 Å². The Morgan fingerprint density at radius 2 is 2.00 bits per heavy atom. The monoisotopic (exact) mass is 282 g/mol. The van der Waals surface area contributed by atoms with Crippen LogP contribution in [0.3, 0.4) is 0 Å². The van der Waals surface area contributed by atoms with Gasteiger partial charge in [-0.05, 0) is 12.1 Å². The second kappa shape index (κ2) is 5.02. The molecule has 0 saturated carbocycles. The summed E-state index contributed by atoms with van der Waals surface area (Å²) in [6.07, 6.45) is 1.26. The first-order chi connectivity index (χ1) is 10.2. The van der Waals surface area contributed by atoms with Gasteiger partial charge in [-0.2, -0.15) is 15.2 Å². The molecule has 2 heterocycles. The number of furan rings is 1. The first-order valence-corrected chi connectivity index (χ1v) is 5.98. The Morgan fingerprint density at radius 3 is 2.76 bits per heavy atom. The minimum atomic E-state index is 0.0492. The van der Waals surface area contributed by atoms with Crippen LogP contribution in [-0.2, 0) is 0 Å². The number of rotatable bonds is 3. The lowest BCUT2D eigenvalue weighted by Gasteiger charge is -2.08. The van der Waals surface area contributed by atoms with Crippen molar-refractivity contribution in [2.24, 2.45) is 0 Å². The van der Waals surface area contributed by atoms with Crippen molar-refractivity contribution in [2.45, 2.75) is 0 Å². The van der Waals surface area contributed by atoms with Crippen LogP contribution in [0.4, 0.5) is 5.69 Å². The number of aromatic nitrogens is 2. The minimum absolute atomic E-state index is 0.0492. The largest absolute Gasteiger partial charge is 0.479 e. The lowest BCUT2D eigenvalue weighted by molar-refractivity contribution is 0.391. The minimum Gasteiger partial charge on any atom is -0.479 e. The van der Waals surface area contributed by atoms with E-state index in [4.69, 9.17) is 24.9 Å². The molecule has 0 amide bonds. The molecular formula is C14H10N4O3. The number of hydrogen-bond acceptors (Lipinski definition) is 7. The third-order valence-electron chi connectivity index (χ3n) is 2.85. The Labute approximate surface area is 119 Å². The number of para-hydroxylation sites is 1. The van der Waals surface area contributed by atoms with Gasteiger partial charge in [0, 0.05) is 0 Å². The first-order valence-electron chi connectivity index (χ1n) is 5.98. The molecule has 0 spiro atoms. The molecule has 0 saturated heterocycles. The smallest absolute Gasteiger partial charge is 0.250 e. The Kier molecular flexibility index (Phi) is 3.04. The van der Waals surface area contributed by atoms with Crippen LogP contribution in [-0.4, -0.2) is 17.1 Å². The van der Waals surface area contributed by atoms with Gasteiger partial charge in [0.25, 0.3) is 0 Å². The van der Waals surface area contributed by atoms with Crippen LogP contribution in [0.2, 0.25) is 0 Å². The fourth-order valence-electron chi connectivity index (χ4n) is 1.90. The number of nitrogen functional groups attached to an aromatic ring is 1. The predicted molar refractivity (Wildman–Crippen MR) is 74.0 cm³/mol. The van der Waals surface area contributed by atoms with Crippen LogP contribution in [0.15, 0.2) is 35.0 Å². The fraction of sp³-hybridized carbons (Fsp3) is 0.0714. The first kappa shape index (κ1) is 12.7. The molecule has 2 aromatic heterocycles. The molecule has 7 nitrogen and oxygen atoms in total. The summed E-state index contributed by atoms with van der Waals surface area (Å²) in [6, 6.07) is 9.09. The van der Waals surface area contributed by atoms with E-state index < -0.39 is 0 Å². The maximum absolute atomic E-state index is 9.16. The van der Waals surface area contributed by atoms with Crippen molar-refractivity contribution >= 4 is 16.7 Å². The van der Waals surface area contributed by atoms with Gasteiger partial charge in [0.1, 0.15) is 18.0 Å². The topological polar surface area (TPSA) is 107 Å². The van der Waals surface area contributed by atoms with Gasteiger partial charge in [-0.1, -0.05) is 12.1 Å². The number of nitrogens with zero attached hydrogens (tertiary/aromatic N) is 3. The molecule has 0 aliphatic rings. The molecule has 104 valence electrons. The van der Waals surface area contributed by atoms with Gasteiger partial charge in [0.15, 0.2) is 11.4 Å². The molecule has 0 aliphatic heterocycles. The second-order valence-electron chi connectivity index (χ2n) is 4.07. The average molecular weight is 282 g/mol. The number of methoxy groups -OCH3 is 1. The van der Waals surface area contributed by atoms with Gasteiger partial charge in [0.05, 0.1) is 12.5 Å². The van der Waals surface area contributed by atoms with Gasteiger partial charge >= 0.3 is 0 Å².